The van der Waals surface area contributed by atoms with Crippen LogP contribution >= 0.6 is 15.9 Å². The predicted octanol–water partition coefficient (Wildman–Crippen LogP) is 2.77. The molecule has 4 nitrogen and oxygen atoms in total. The lowest BCUT2D eigenvalue weighted by Crippen LogP contribution is -2.40. The molecule has 0 radical (unpaired) electrons. The molecule has 2 fully saturated rings. The maximum Gasteiger partial charge on any atom is 0.317 e. The normalized spacial score (nSPS) is 22.4. The number of benzene rings is 1. The van der Waals surface area contributed by atoms with Crippen LogP contribution in [0, 0.1) is 0 Å². The molecule has 1 saturated heterocycles. The molecular weight excluding hydrogens is 308 g/mol. The lowest BCUT2D eigenvalue weighted by Gasteiger charge is -2.17. The Kier molecular flexibility index (Phi) is 3.64. The van der Waals surface area contributed by atoms with Crippen molar-refractivity contribution in [2.24, 2.45) is 0 Å². The molecular formula is C14H17BrN2O2. The smallest absolute Gasteiger partial charge is 0.317 e. The molecule has 1 aliphatic heterocycles. The van der Waals surface area contributed by atoms with Crippen molar-refractivity contribution in [2.75, 3.05) is 13.1 Å². The Labute approximate surface area is 121 Å². The van der Waals surface area contributed by atoms with Crippen molar-refractivity contribution in [1.29, 1.82) is 0 Å². The number of hydrogen-bond donors (Lipinski definition) is 1. The molecule has 3 rings (SSSR count). The van der Waals surface area contributed by atoms with Gasteiger partial charge in [0.05, 0.1) is 6.54 Å². The Morgan fingerprint density at radius 2 is 2.21 bits per heavy atom. The van der Waals surface area contributed by atoms with Crippen LogP contribution in [0.1, 0.15) is 19.3 Å². The number of amides is 2. The molecule has 2 aliphatic rings. The summed E-state index contributed by atoms with van der Waals surface area (Å²) < 4.78 is 6.91. The molecule has 2 amide bonds. The molecule has 1 heterocycles. The number of nitrogens with one attached hydrogen (secondary N) is 1. The number of nitrogens with zero attached hydrogens (tertiary/aromatic N) is 1. The van der Waals surface area contributed by atoms with Gasteiger partial charge in [0, 0.05) is 23.5 Å². The summed E-state index contributed by atoms with van der Waals surface area (Å²) in [5, 5.41) is 3.01. The highest BCUT2D eigenvalue weighted by Gasteiger charge is 2.31. The highest BCUT2D eigenvalue weighted by Crippen LogP contribution is 2.23. The molecule has 1 aromatic rings. The first-order valence-corrected chi connectivity index (χ1v) is 7.48. The van der Waals surface area contributed by atoms with Crippen molar-refractivity contribution in [3.8, 4) is 5.75 Å². The SMILES string of the molecule is O=C(NC1CC1)N1CCC(Oc2cccc(Br)c2)C1. The fourth-order valence-electron chi connectivity index (χ4n) is 2.24. The van der Waals surface area contributed by atoms with E-state index in [4.69, 9.17) is 4.74 Å². The Morgan fingerprint density at radius 3 is 2.95 bits per heavy atom. The number of ether oxygens (including phenoxy) is 1. The summed E-state index contributed by atoms with van der Waals surface area (Å²) in [5.74, 6) is 0.851. The minimum atomic E-state index is 0.0582. The van der Waals surface area contributed by atoms with Crippen LogP contribution in [0.2, 0.25) is 0 Å². The molecule has 1 aromatic carbocycles. The van der Waals surface area contributed by atoms with Crippen molar-refractivity contribution in [1.82, 2.24) is 10.2 Å². The summed E-state index contributed by atoms with van der Waals surface area (Å²) >= 11 is 3.43. The second-order valence-corrected chi connectivity index (χ2v) is 6.07. The van der Waals surface area contributed by atoms with E-state index in [2.05, 4.69) is 21.2 Å². The average molecular weight is 325 g/mol. The van der Waals surface area contributed by atoms with Crippen molar-refractivity contribution >= 4 is 22.0 Å². The molecule has 1 saturated carbocycles. The van der Waals surface area contributed by atoms with E-state index in [1.54, 1.807) is 0 Å². The van der Waals surface area contributed by atoms with Gasteiger partial charge in [0.1, 0.15) is 11.9 Å². The first kappa shape index (κ1) is 12.8. The van der Waals surface area contributed by atoms with Gasteiger partial charge in [-0.05, 0) is 31.0 Å². The number of halogens is 1. The number of likely N-dealkylation sites (tertiary alicyclic amines) is 1. The molecule has 0 bridgehead atoms. The standard InChI is InChI=1S/C14H17BrN2O2/c15-10-2-1-3-12(8-10)19-13-6-7-17(9-13)14(18)16-11-4-5-11/h1-3,8,11,13H,4-7,9H2,(H,16,18). The van der Waals surface area contributed by atoms with E-state index >= 15 is 0 Å². The van der Waals surface area contributed by atoms with Gasteiger partial charge in [0.25, 0.3) is 0 Å². The van der Waals surface area contributed by atoms with E-state index in [0.717, 1.165) is 36.0 Å². The molecule has 102 valence electrons. The molecule has 1 N–H and O–H groups in total. The van der Waals surface area contributed by atoms with Gasteiger partial charge < -0.3 is 15.0 Å². The fraction of sp³-hybridized carbons (Fsp3) is 0.500. The van der Waals surface area contributed by atoms with E-state index in [0.29, 0.717) is 12.6 Å². The maximum atomic E-state index is 11.9. The topological polar surface area (TPSA) is 41.6 Å². The predicted molar refractivity (Wildman–Crippen MR) is 76.3 cm³/mol. The second-order valence-electron chi connectivity index (χ2n) is 5.16. The summed E-state index contributed by atoms with van der Waals surface area (Å²) in [6, 6.07) is 8.29. The molecule has 1 atom stereocenters. The number of rotatable bonds is 3. The van der Waals surface area contributed by atoms with E-state index in [1.165, 1.54) is 0 Å². The third kappa shape index (κ3) is 3.41. The van der Waals surface area contributed by atoms with Crippen molar-refractivity contribution in [3.05, 3.63) is 28.7 Å². The zero-order chi connectivity index (χ0) is 13.2. The first-order chi connectivity index (χ1) is 9.20. The summed E-state index contributed by atoms with van der Waals surface area (Å²) in [5.41, 5.74) is 0. The third-order valence-electron chi connectivity index (χ3n) is 3.44. The summed E-state index contributed by atoms with van der Waals surface area (Å²) in [6.07, 6.45) is 3.24. The van der Waals surface area contributed by atoms with E-state index in [-0.39, 0.29) is 12.1 Å². The van der Waals surface area contributed by atoms with Gasteiger partial charge in [-0.25, -0.2) is 4.79 Å². The van der Waals surface area contributed by atoms with E-state index in [9.17, 15) is 4.79 Å². The Balaban J connectivity index is 1.52. The van der Waals surface area contributed by atoms with Crippen LogP contribution in [0.4, 0.5) is 4.79 Å². The van der Waals surface area contributed by atoms with Gasteiger partial charge in [-0.15, -0.1) is 0 Å². The lowest BCUT2D eigenvalue weighted by atomic mass is 10.3. The summed E-state index contributed by atoms with van der Waals surface area (Å²) in [6.45, 7) is 1.45. The monoisotopic (exact) mass is 324 g/mol. The van der Waals surface area contributed by atoms with Crippen molar-refractivity contribution in [3.63, 3.8) is 0 Å². The van der Waals surface area contributed by atoms with Gasteiger partial charge in [0.15, 0.2) is 0 Å². The van der Waals surface area contributed by atoms with Gasteiger partial charge >= 0.3 is 6.03 Å². The molecule has 19 heavy (non-hydrogen) atoms. The lowest BCUT2D eigenvalue weighted by molar-refractivity contribution is 0.186. The molecule has 1 unspecified atom stereocenters. The zero-order valence-electron chi connectivity index (χ0n) is 10.6. The van der Waals surface area contributed by atoms with Crippen LogP contribution in [0.5, 0.6) is 5.75 Å². The zero-order valence-corrected chi connectivity index (χ0v) is 12.2. The fourth-order valence-corrected chi connectivity index (χ4v) is 2.61. The first-order valence-electron chi connectivity index (χ1n) is 6.68. The Morgan fingerprint density at radius 1 is 1.37 bits per heavy atom. The Hall–Kier alpha value is -1.23. The van der Waals surface area contributed by atoms with Crippen LogP contribution in [-0.4, -0.2) is 36.2 Å². The quantitative estimate of drug-likeness (QED) is 0.928. The summed E-state index contributed by atoms with van der Waals surface area (Å²) in [7, 11) is 0. The van der Waals surface area contributed by atoms with E-state index < -0.39 is 0 Å². The van der Waals surface area contributed by atoms with Crippen molar-refractivity contribution < 1.29 is 9.53 Å². The second kappa shape index (κ2) is 5.41. The number of hydrogen-bond acceptors (Lipinski definition) is 2. The minimum Gasteiger partial charge on any atom is -0.488 e. The highest BCUT2D eigenvalue weighted by molar-refractivity contribution is 9.10. The van der Waals surface area contributed by atoms with Crippen LogP contribution in [0.25, 0.3) is 0 Å². The minimum absolute atomic E-state index is 0.0582. The molecule has 1 aliphatic carbocycles. The van der Waals surface area contributed by atoms with Crippen LogP contribution in [0.15, 0.2) is 28.7 Å². The Bertz CT molecular complexity index is 476. The van der Waals surface area contributed by atoms with Gasteiger partial charge in [0.2, 0.25) is 0 Å². The van der Waals surface area contributed by atoms with Crippen LogP contribution in [0.3, 0.4) is 0 Å². The van der Waals surface area contributed by atoms with Crippen LogP contribution in [-0.2, 0) is 0 Å². The molecule has 0 spiro atoms. The number of carbonyl (C=O) groups excluding carboxylic acids is 1. The third-order valence-corrected chi connectivity index (χ3v) is 3.93. The average Bonchev–Trinajstić information content (AvgIpc) is 3.06. The van der Waals surface area contributed by atoms with Gasteiger partial charge in [-0.2, -0.15) is 0 Å². The maximum absolute atomic E-state index is 11.9. The number of urea groups is 1. The van der Waals surface area contributed by atoms with Crippen molar-refractivity contribution in [2.45, 2.75) is 31.4 Å². The van der Waals surface area contributed by atoms with E-state index in [1.807, 2.05) is 29.2 Å². The van der Waals surface area contributed by atoms with Gasteiger partial charge in [-0.3, -0.25) is 0 Å². The largest absolute Gasteiger partial charge is 0.488 e. The van der Waals surface area contributed by atoms with Gasteiger partial charge in [-0.1, -0.05) is 22.0 Å². The molecule has 0 aromatic heterocycles. The molecule has 5 heteroatoms. The highest BCUT2D eigenvalue weighted by atomic mass is 79.9. The summed E-state index contributed by atoms with van der Waals surface area (Å²) in [4.78, 5) is 13.7. The number of carbonyl (C=O) groups is 1. The van der Waals surface area contributed by atoms with Crippen LogP contribution < -0.4 is 10.1 Å².